The molecule has 2 heterocycles. The summed E-state index contributed by atoms with van der Waals surface area (Å²) in [6.45, 7) is 3.98. The third-order valence-corrected chi connectivity index (χ3v) is 8.41. The van der Waals surface area contributed by atoms with E-state index in [0.717, 1.165) is 26.8 Å². The second-order valence-electron chi connectivity index (χ2n) is 6.90. The number of amides is 2. The van der Waals surface area contributed by atoms with Crippen LogP contribution in [0.15, 0.2) is 51.1 Å². The molecule has 0 bridgehead atoms. The first kappa shape index (κ1) is 21.4. The maximum Gasteiger partial charge on any atom is 0.247 e. The highest BCUT2D eigenvalue weighted by Gasteiger charge is 2.40. The van der Waals surface area contributed by atoms with Gasteiger partial charge in [-0.2, -0.15) is 0 Å². The Kier molecular flexibility index (Phi) is 6.48. The van der Waals surface area contributed by atoms with Crippen LogP contribution in [0.25, 0.3) is 0 Å². The Bertz CT molecular complexity index is 1100. The van der Waals surface area contributed by atoms with Crippen molar-refractivity contribution in [3.63, 3.8) is 0 Å². The van der Waals surface area contributed by atoms with Crippen molar-refractivity contribution in [3.8, 4) is 0 Å². The Morgan fingerprint density at radius 3 is 2.53 bits per heavy atom. The van der Waals surface area contributed by atoms with Gasteiger partial charge in [-0.05, 0) is 54.8 Å². The fourth-order valence-corrected chi connectivity index (χ4v) is 6.35. The fraction of sp³-hybridized carbons (Fsp3) is 0.238. The number of imide groups is 1. The van der Waals surface area contributed by atoms with Crippen molar-refractivity contribution in [1.29, 1.82) is 0 Å². The van der Waals surface area contributed by atoms with Crippen molar-refractivity contribution in [2.75, 3.05) is 4.90 Å². The molecule has 2 amide bonds. The number of halogens is 1. The second-order valence-corrected chi connectivity index (χ2v) is 11.0. The molecule has 1 saturated heterocycles. The monoisotopic (exact) mass is 475 g/mol. The van der Waals surface area contributed by atoms with E-state index in [9.17, 15) is 9.59 Å². The zero-order valence-corrected chi connectivity index (χ0v) is 19.5. The van der Waals surface area contributed by atoms with Crippen LogP contribution in [-0.4, -0.2) is 27.3 Å². The molecule has 4 rings (SSSR count). The minimum Gasteiger partial charge on any atom is -0.274 e. The number of anilines is 1. The lowest BCUT2D eigenvalue weighted by Gasteiger charge is -2.16. The first-order chi connectivity index (χ1) is 14.4. The molecule has 0 saturated carbocycles. The van der Waals surface area contributed by atoms with E-state index in [4.69, 9.17) is 11.6 Å². The van der Waals surface area contributed by atoms with Crippen LogP contribution >= 0.6 is 46.5 Å². The molecule has 1 aliphatic heterocycles. The molecular formula is C21H18ClN3O2S3. The summed E-state index contributed by atoms with van der Waals surface area (Å²) in [4.78, 5) is 26.7. The number of thioether (sulfide) groups is 2. The number of carbonyl (C=O) groups excluding carboxylic acids is 2. The SMILES string of the molecule is Cc1ccc(N2C(=O)C[C@H](Sc3nnc(SCc4ccc(Cl)cc4)s3)C2=O)cc1C. The van der Waals surface area contributed by atoms with Gasteiger partial charge in [0, 0.05) is 17.2 Å². The number of nitrogens with zero attached hydrogens (tertiary/aromatic N) is 3. The van der Waals surface area contributed by atoms with E-state index in [2.05, 4.69) is 10.2 Å². The zero-order valence-electron chi connectivity index (χ0n) is 16.3. The van der Waals surface area contributed by atoms with Crippen LogP contribution in [0.4, 0.5) is 5.69 Å². The Morgan fingerprint density at radius 1 is 1.07 bits per heavy atom. The number of aromatic nitrogens is 2. The van der Waals surface area contributed by atoms with Crippen LogP contribution in [0.1, 0.15) is 23.1 Å². The van der Waals surface area contributed by atoms with Crippen LogP contribution in [0, 0.1) is 13.8 Å². The smallest absolute Gasteiger partial charge is 0.247 e. The Labute approximate surface area is 192 Å². The summed E-state index contributed by atoms with van der Waals surface area (Å²) < 4.78 is 1.52. The van der Waals surface area contributed by atoms with Gasteiger partial charge in [0.2, 0.25) is 11.8 Å². The average molecular weight is 476 g/mol. The largest absolute Gasteiger partial charge is 0.274 e. The molecule has 0 unspecified atom stereocenters. The number of rotatable bonds is 6. The van der Waals surface area contributed by atoms with Gasteiger partial charge in [0.15, 0.2) is 8.68 Å². The van der Waals surface area contributed by atoms with Crippen LogP contribution in [0.3, 0.4) is 0 Å². The average Bonchev–Trinajstić information content (AvgIpc) is 3.28. The predicted octanol–water partition coefficient (Wildman–Crippen LogP) is 5.52. The first-order valence-electron chi connectivity index (χ1n) is 9.22. The summed E-state index contributed by atoms with van der Waals surface area (Å²) in [6, 6.07) is 13.3. The molecule has 2 aromatic carbocycles. The van der Waals surface area contributed by atoms with Gasteiger partial charge in [-0.3, -0.25) is 9.59 Å². The van der Waals surface area contributed by atoms with Crippen LogP contribution < -0.4 is 4.90 Å². The normalized spacial score (nSPS) is 16.5. The van der Waals surface area contributed by atoms with E-state index in [1.807, 2.05) is 56.3 Å². The summed E-state index contributed by atoms with van der Waals surface area (Å²) in [6.07, 6.45) is 0.170. The number of benzene rings is 2. The van der Waals surface area contributed by atoms with E-state index in [-0.39, 0.29) is 18.2 Å². The predicted molar refractivity (Wildman–Crippen MR) is 124 cm³/mol. The standard InChI is InChI=1S/C21H18ClN3O2S3/c1-12-3-8-16(9-13(12)2)25-18(26)10-17(19(25)27)29-21-24-23-20(30-21)28-11-14-4-6-15(22)7-5-14/h3-9,17H,10-11H2,1-2H3/t17-/m0/s1. The maximum absolute atomic E-state index is 12.9. The molecule has 0 radical (unpaired) electrons. The van der Waals surface area contributed by atoms with Crippen molar-refractivity contribution in [3.05, 3.63) is 64.2 Å². The summed E-state index contributed by atoms with van der Waals surface area (Å²) in [5.74, 6) is 0.388. The third-order valence-electron chi connectivity index (χ3n) is 4.76. The van der Waals surface area contributed by atoms with Crippen LogP contribution in [-0.2, 0) is 15.3 Å². The van der Waals surface area contributed by atoms with Crippen molar-refractivity contribution in [2.24, 2.45) is 0 Å². The van der Waals surface area contributed by atoms with E-state index in [1.165, 1.54) is 28.0 Å². The van der Waals surface area contributed by atoms with E-state index in [0.29, 0.717) is 15.0 Å². The lowest BCUT2D eigenvalue weighted by Crippen LogP contribution is -2.31. The first-order valence-corrected chi connectivity index (χ1v) is 12.3. The lowest BCUT2D eigenvalue weighted by molar-refractivity contribution is -0.121. The topological polar surface area (TPSA) is 63.2 Å². The molecule has 0 spiro atoms. The van der Waals surface area contributed by atoms with Gasteiger partial charge in [0.1, 0.15) is 5.25 Å². The fourth-order valence-electron chi connectivity index (χ4n) is 2.98. The van der Waals surface area contributed by atoms with Crippen molar-refractivity contribution >= 4 is 64.0 Å². The summed E-state index contributed by atoms with van der Waals surface area (Å²) in [7, 11) is 0. The molecule has 1 fully saturated rings. The van der Waals surface area contributed by atoms with Crippen molar-refractivity contribution in [1.82, 2.24) is 10.2 Å². The third kappa shape index (κ3) is 4.72. The van der Waals surface area contributed by atoms with Crippen molar-refractivity contribution < 1.29 is 9.59 Å². The van der Waals surface area contributed by atoms with E-state index >= 15 is 0 Å². The van der Waals surface area contributed by atoms with Gasteiger partial charge >= 0.3 is 0 Å². The minimum atomic E-state index is -0.471. The number of carbonyl (C=O) groups is 2. The van der Waals surface area contributed by atoms with Crippen LogP contribution in [0.2, 0.25) is 5.02 Å². The summed E-state index contributed by atoms with van der Waals surface area (Å²) >= 11 is 10.3. The van der Waals surface area contributed by atoms with Gasteiger partial charge in [-0.25, -0.2) is 4.90 Å². The number of aryl methyl sites for hydroxylation is 2. The molecule has 30 heavy (non-hydrogen) atoms. The molecule has 5 nitrogen and oxygen atoms in total. The summed E-state index contributed by atoms with van der Waals surface area (Å²) in [5.41, 5.74) is 3.96. The molecule has 0 N–H and O–H groups in total. The van der Waals surface area contributed by atoms with Gasteiger partial charge in [0.25, 0.3) is 0 Å². The molecule has 1 aromatic heterocycles. The summed E-state index contributed by atoms with van der Waals surface area (Å²) in [5, 5.41) is 8.65. The highest BCUT2D eigenvalue weighted by atomic mass is 35.5. The molecule has 0 aliphatic carbocycles. The second kappa shape index (κ2) is 9.09. The molecule has 1 atom stereocenters. The number of hydrogen-bond acceptors (Lipinski definition) is 7. The minimum absolute atomic E-state index is 0.170. The lowest BCUT2D eigenvalue weighted by atomic mass is 10.1. The molecule has 154 valence electrons. The van der Waals surface area contributed by atoms with Gasteiger partial charge in [-0.15, -0.1) is 10.2 Å². The number of hydrogen-bond donors (Lipinski definition) is 0. The van der Waals surface area contributed by atoms with Gasteiger partial charge in [0.05, 0.1) is 5.69 Å². The highest BCUT2D eigenvalue weighted by Crippen LogP contribution is 2.37. The zero-order chi connectivity index (χ0) is 21.3. The van der Waals surface area contributed by atoms with Crippen molar-refractivity contribution in [2.45, 2.75) is 40.0 Å². The molecule has 3 aromatic rings. The van der Waals surface area contributed by atoms with Gasteiger partial charge in [-0.1, -0.05) is 64.7 Å². The highest BCUT2D eigenvalue weighted by molar-refractivity contribution is 8.03. The quantitative estimate of drug-likeness (QED) is 0.345. The Hall–Kier alpha value is -1.87. The van der Waals surface area contributed by atoms with E-state index in [1.54, 1.807) is 11.8 Å². The molecule has 9 heteroatoms. The molecule has 1 aliphatic rings. The van der Waals surface area contributed by atoms with Gasteiger partial charge < -0.3 is 0 Å². The Morgan fingerprint density at radius 2 is 1.80 bits per heavy atom. The van der Waals surface area contributed by atoms with E-state index < -0.39 is 5.25 Å². The Balaban J connectivity index is 1.40. The van der Waals surface area contributed by atoms with Crippen LogP contribution in [0.5, 0.6) is 0 Å². The maximum atomic E-state index is 12.9. The molecular weight excluding hydrogens is 458 g/mol.